The van der Waals surface area contributed by atoms with Gasteiger partial charge in [-0.15, -0.1) is 0 Å². The highest BCUT2D eigenvalue weighted by molar-refractivity contribution is 5.82. The molecule has 0 aliphatic rings. The van der Waals surface area contributed by atoms with Crippen molar-refractivity contribution in [3.63, 3.8) is 0 Å². The summed E-state index contributed by atoms with van der Waals surface area (Å²) in [7, 11) is 0. The number of hydrogen-bond acceptors (Lipinski definition) is 6. The molecular weight excluding hydrogens is 276 g/mol. The lowest BCUT2D eigenvalue weighted by molar-refractivity contribution is -0.390. The van der Waals surface area contributed by atoms with Gasteiger partial charge in [0.25, 0.3) is 5.91 Å². The fraction of sp³-hybridized carbons (Fsp3) is 0.0769. The minimum atomic E-state index is -1.11. The topological polar surface area (TPSA) is 120 Å². The predicted octanol–water partition coefficient (Wildman–Crippen LogP) is 1.10. The first-order chi connectivity index (χ1) is 10.1. The zero-order valence-electron chi connectivity index (χ0n) is 10.8. The van der Waals surface area contributed by atoms with Crippen LogP contribution in [0.25, 0.3) is 0 Å². The number of benzene rings is 1. The maximum absolute atomic E-state index is 11.8. The van der Waals surface area contributed by atoms with Crippen molar-refractivity contribution in [2.75, 3.05) is 0 Å². The number of ether oxygens (including phenoxy) is 1. The van der Waals surface area contributed by atoms with Crippen molar-refractivity contribution in [3.8, 4) is 5.75 Å². The molecule has 1 unspecified atom stereocenters. The number of hydrogen-bond donors (Lipinski definition) is 2. The molecule has 3 N–H and O–H groups in total. The lowest BCUT2D eigenvalue weighted by Crippen LogP contribution is -2.37. The Hall–Kier alpha value is -3.00. The fourth-order valence-corrected chi connectivity index (χ4v) is 1.71. The van der Waals surface area contributed by atoms with Gasteiger partial charge in [-0.3, -0.25) is 10.2 Å². The molecule has 1 heterocycles. The quantitative estimate of drug-likeness (QED) is 0.368. The molecule has 0 spiro atoms. The van der Waals surface area contributed by atoms with Crippen molar-refractivity contribution in [1.82, 2.24) is 10.4 Å². The van der Waals surface area contributed by atoms with Crippen LogP contribution in [0.2, 0.25) is 0 Å². The van der Waals surface area contributed by atoms with E-state index in [-0.39, 0.29) is 5.75 Å². The van der Waals surface area contributed by atoms with Crippen molar-refractivity contribution >= 4 is 11.7 Å². The first-order valence-corrected chi connectivity index (χ1v) is 5.95. The molecule has 0 bridgehead atoms. The first-order valence-electron chi connectivity index (χ1n) is 5.95. The predicted molar refractivity (Wildman–Crippen MR) is 73.0 cm³/mol. The molecular formula is C13H12N4O4. The summed E-state index contributed by atoms with van der Waals surface area (Å²) in [6, 6.07) is 11.4. The van der Waals surface area contributed by atoms with Crippen molar-refractivity contribution in [1.29, 1.82) is 0 Å². The number of nitrogens with one attached hydrogen (secondary N) is 1. The van der Waals surface area contributed by atoms with Crippen LogP contribution in [-0.4, -0.2) is 15.8 Å². The van der Waals surface area contributed by atoms with Gasteiger partial charge in [0.2, 0.25) is 11.9 Å². The maximum Gasteiger partial charge on any atom is 0.406 e. The average Bonchev–Trinajstić information content (AvgIpc) is 2.53. The summed E-state index contributed by atoms with van der Waals surface area (Å²) in [6.45, 7) is 0. The molecule has 0 fully saturated rings. The normalized spacial score (nSPS) is 11.5. The van der Waals surface area contributed by atoms with Gasteiger partial charge < -0.3 is 14.9 Å². The molecule has 2 rings (SSSR count). The first kappa shape index (κ1) is 14.4. The highest BCUT2D eigenvalue weighted by atomic mass is 16.6. The Bertz CT molecular complexity index is 648. The monoisotopic (exact) mass is 288 g/mol. The molecule has 2 aromatic rings. The number of nitro groups is 1. The van der Waals surface area contributed by atoms with E-state index in [0.29, 0.717) is 5.56 Å². The van der Waals surface area contributed by atoms with E-state index in [9.17, 15) is 14.9 Å². The third-order valence-corrected chi connectivity index (χ3v) is 2.65. The van der Waals surface area contributed by atoms with Crippen LogP contribution < -0.4 is 16.0 Å². The van der Waals surface area contributed by atoms with E-state index in [4.69, 9.17) is 10.6 Å². The average molecular weight is 288 g/mol. The number of aromatic nitrogens is 1. The van der Waals surface area contributed by atoms with E-state index in [1.54, 1.807) is 30.3 Å². The molecule has 0 radical (unpaired) electrons. The summed E-state index contributed by atoms with van der Waals surface area (Å²) in [5, 5.41) is 10.9. The molecule has 8 nitrogen and oxygen atoms in total. The Labute approximate surface area is 119 Å². The minimum absolute atomic E-state index is 0.111. The largest absolute Gasteiger partial charge is 0.467 e. The fourth-order valence-electron chi connectivity index (χ4n) is 1.71. The van der Waals surface area contributed by atoms with Gasteiger partial charge in [-0.25, -0.2) is 5.84 Å². The Morgan fingerprint density at radius 1 is 1.29 bits per heavy atom. The van der Waals surface area contributed by atoms with E-state index in [2.05, 4.69) is 4.98 Å². The molecule has 8 heteroatoms. The van der Waals surface area contributed by atoms with Gasteiger partial charge in [0, 0.05) is 5.56 Å². The smallest absolute Gasteiger partial charge is 0.406 e. The zero-order chi connectivity index (χ0) is 15.2. The standard InChI is InChI=1S/C13H12N4O4/c14-16-13(18)11(9-5-2-1-3-6-9)21-10-7-4-8-15-12(10)17(19)20/h1-8,11H,14H2,(H,16,18). The highest BCUT2D eigenvalue weighted by Gasteiger charge is 2.26. The summed E-state index contributed by atoms with van der Waals surface area (Å²) in [4.78, 5) is 25.7. The molecule has 108 valence electrons. The second-order valence-electron chi connectivity index (χ2n) is 4.00. The summed E-state index contributed by atoms with van der Waals surface area (Å²) in [5.74, 6) is 3.93. The van der Waals surface area contributed by atoms with E-state index in [1.807, 2.05) is 5.43 Å². The number of nitrogens with zero attached hydrogens (tertiary/aromatic N) is 2. The summed E-state index contributed by atoms with van der Waals surface area (Å²) in [5.41, 5.74) is 2.49. The zero-order valence-corrected chi connectivity index (χ0v) is 10.8. The number of carbonyl (C=O) groups excluding carboxylic acids is 1. The number of nitrogens with two attached hydrogens (primary N) is 1. The van der Waals surface area contributed by atoms with Crippen LogP contribution in [0.1, 0.15) is 11.7 Å². The molecule has 1 aromatic carbocycles. The highest BCUT2D eigenvalue weighted by Crippen LogP contribution is 2.28. The SMILES string of the molecule is NNC(=O)C(Oc1cccnc1[N+](=O)[O-])c1ccccc1. The van der Waals surface area contributed by atoms with Crippen LogP contribution in [0.4, 0.5) is 5.82 Å². The third-order valence-electron chi connectivity index (χ3n) is 2.65. The van der Waals surface area contributed by atoms with E-state index in [1.165, 1.54) is 18.3 Å². The molecule has 0 aliphatic carbocycles. The minimum Gasteiger partial charge on any atom is -0.467 e. The van der Waals surface area contributed by atoms with Crippen LogP contribution >= 0.6 is 0 Å². The van der Waals surface area contributed by atoms with Gasteiger partial charge in [-0.2, -0.15) is 0 Å². The van der Waals surface area contributed by atoms with Gasteiger partial charge in [-0.1, -0.05) is 30.3 Å². The third kappa shape index (κ3) is 3.31. The number of rotatable bonds is 5. The van der Waals surface area contributed by atoms with Gasteiger partial charge in [0.1, 0.15) is 6.20 Å². The van der Waals surface area contributed by atoms with Crippen LogP contribution in [0.15, 0.2) is 48.7 Å². The second-order valence-corrected chi connectivity index (χ2v) is 4.00. The molecule has 21 heavy (non-hydrogen) atoms. The van der Waals surface area contributed by atoms with Crippen molar-refractivity contribution < 1.29 is 14.5 Å². The molecule has 1 aromatic heterocycles. The van der Waals surface area contributed by atoms with Gasteiger partial charge in [0.15, 0.2) is 0 Å². The number of amides is 1. The van der Waals surface area contributed by atoms with Gasteiger partial charge in [0.05, 0.1) is 0 Å². The van der Waals surface area contributed by atoms with Crippen LogP contribution in [-0.2, 0) is 4.79 Å². The van der Waals surface area contributed by atoms with Crippen molar-refractivity contribution in [2.45, 2.75) is 6.10 Å². The Balaban J connectivity index is 2.37. The number of hydrazine groups is 1. The Morgan fingerprint density at radius 3 is 2.62 bits per heavy atom. The molecule has 1 atom stereocenters. The molecule has 1 amide bonds. The van der Waals surface area contributed by atoms with E-state index in [0.717, 1.165) is 0 Å². The molecule has 0 saturated carbocycles. The lowest BCUT2D eigenvalue weighted by Gasteiger charge is -2.17. The van der Waals surface area contributed by atoms with E-state index >= 15 is 0 Å². The number of pyridine rings is 1. The van der Waals surface area contributed by atoms with Gasteiger partial charge >= 0.3 is 5.82 Å². The second kappa shape index (κ2) is 6.44. The van der Waals surface area contributed by atoms with Gasteiger partial charge in [-0.05, 0) is 22.0 Å². The maximum atomic E-state index is 11.8. The van der Waals surface area contributed by atoms with Crippen LogP contribution in [0.3, 0.4) is 0 Å². The van der Waals surface area contributed by atoms with Crippen LogP contribution in [0.5, 0.6) is 5.75 Å². The molecule has 0 saturated heterocycles. The van der Waals surface area contributed by atoms with Crippen molar-refractivity contribution in [2.24, 2.45) is 5.84 Å². The Morgan fingerprint density at radius 2 is 2.00 bits per heavy atom. The Kier molecular flexibility index (Phi) is 4.42. The summed E-state index contributed by atoms with van der Waals surface area (Å²) >= 11 is 0. The molecule has 0 aliphatic heterocycles. The summed E-state index contributed by atoms with van der Waals surface area (Å²) in [6.07, 6.45) is 0.157. The van der Waals surface area contributed by atoms with E-state index < -0.39 is 22.8 Å². The van der Waals surface area contributed by atoms with Crippen LogP contribution in [0, 0.1) is 10.1 Å². The lowest BCUT2D eigenvalue weighted by atomic mass is 10.1. The van der Waals surface area contributed by atoms with Crippen molar-refractivity contribution in [3.05, 3.63) is 64.3 Å². The number of carbonyl (C=O) groups is 1. The summed E-state index contributed by atoms with van der Waals surface area (Å²) < 4.78 is 5.45.